The molecule has 0 nitrogen and oxygen atoms in total. The fraction of sp³-hybridized carbons (Fsp3) is 1.00. The molecule has 0 aromatic rings. The Balaban J connectivity index is 3.22. The molecule has 2 unspecified atom stereocenters. The van der Waals surface area contributed by atoms with Crippen molar-refractivity contribution in [2.45, 2.75) is 44.7 Å². The SMILES string of the molecule is CC[SiH](C)C[SiH](C)CC. The molecule has 0 aliphatic carbocycles. The monoisotopic (exact) mass is 160 g/mol. The zero-order chi connectivity index (χ0) is 7.28. The van der Waals surface area contributed by atoms with E-state index < -0.39 is 0 Å². The van der Waals surface area contributed by atoms with Crippen LogP contribution in [-0.2, 0) is 0 Å². The zero-order valence-corrected chi connectivity index (χ0v) is 9.59. The fourth-order valence-electron chi connectivity index (χ4n) is 1.02. The van der Waals surface area contributed by atoms with Crippen molar-refractivity contribution in [3.05, 3.63) is 0 Å². The summed E-state index contributed by atoms with van der Waals surface area (Å²) < 4.78 is 0. The summed E-state index contributed by atoms with van der Waals surface area (Å²) in [6.45, 7) is 9.74. The predicted molar refractivity (Wildman–Crippen MR) is 51.8 cm³/mol. The molecule has 0 fully saturated rings. The lowest BCUT2D eigenvalue weighted by Gasteiger charge is -2.10. The van der Waals surface area contributed by atoms with Crippen LogP contribution in [0.1, 0.15) is 13.8 Å². The highest BCUT2D eigenvalue weighted by Crippen LogP contribution is 2.04. The van der Waals surface area contributed by atoms with Crippen molar-refractivity contribution in [2.75, 3.05) is 0 Å². The Morgan fingerprint density at radius 3 is 1.44 bits per heavy atom. The molecule has 0 aliphatic rings. The third-order valence-corrected chi connectivity index (χ3v) is 11.4. The Morgan fingerprint density at radius 2 is 1.22 bits per heavy atom. The third-order valence-electron chi connectivity index (χ3n) is 2.20. The van der Waals surface area contributed by atoms with Gasteiger partial charge in [-0.2, -0.15) is 0 Å². The summed E-state index contributed by atoms with van der Waals surface area (Å²) in [5.41, 5.74) is 1.69. The second kappa shape index (κ2) is 5.24. The minimum absolute atomic E-state index is 0.195. The highest BCUT2D eigenvalue weighted by Gasteiger charge is 2.06. The molecule has 0 N–H and O–H groups in total. The molecule has 0 aliphatic heterocycles. The van der Waals surface area contributed by atoms with Gasteiger partial charge in [0.25, 0.3) is 0 Å². The first-order valence-electron chi connectivity index (χ1n) is 4.20. The van der Waals surface area contributed by atoms with E-state index in [1.165, 1.54) is 12.1 Å². The summed E-state index contributed by atoms with van der Waals surface area (Å²) in [5.74, 6) is 0. The van der Waals surface area contributed by atoms with Crippen molar-refractivity contribution in [1.82, 2.24) is 0 Å². The molecule has 2 heteroatoms. The van der Waals surface area contributed by atoms with Crippen LogP contribution in [0.2, 0.25) is 30.8 Å². The average molecular weight is 160 g/mol. The van der Waals surface area contributed by atoms with Gasteiger partial charge in [-0.25, -0.2) is 0 Å². The van der Waals surface area contributed by atoms with Crippen molar-refractivity contribution in [3.8, 4) is 0 Å². The molecule has 0 bridgehead atoms. The van der Waals surface area contributed by atoms with Gasteiger partial charge in [-0.1, -0.05) is 44.7 Å². The van der Waals surface area contributed by atoms with Gasteiger partial charge < -0.3 is 0 Å². The molecule has 0 aromatic heterocycles. The number of hydrogen-bond donors (Lipinski definition) is 0. The van der Waals surface area contributed by atoms with Crippen LogP contribution in [-0.4, -0.2) is 17.6 Å². The van der Waals surface area contributed by atoms with Gasteiger partial charge in [0.05, 0.1) is 0 Å². The standard InChI is InChI=1S/C7H20Si2/c1-5-8(3)7-9(4)6-2/h8-9H,5-7H2,1-4H3. The van der Waals surface area contributed by atoms with Crippen LogP contribution in [0, 0.1) is 0 Å². The summed E-state index contributed by atoms with van der Waals surface area (Å²) in [7, 11) is -0.390. The van der Waals surface area contributed by atoms with Crippen molar-refractivity contribution in [2.24, 2.45) is 0 Å². The minimum Gasteiger partial charge on any atom is -0.0722 e. The molecule has 0 radical (unpaired) electrons. The summed E-state index contributed by atoms with van der Waals surface area (Å²) in [6.07, 6.45) is 0. The van der Waals surface area contributed by atoms with Gasteiger partial charge in [0.2, 0.25) is 0 Å². The lowest BCUT2D eigenvalue weighted by atomic mass is 11.0. The molecule has 0 saturated carbocycles. The second-order valence-electron chi connectivity index (χ2n) is 3.26. The van der Waals surface area contributed by atoms with E-state index in [2.05, 4.69) is 26.9 Å². The lowest BCUT2D eigenvalue weighted by molar-refractivity contribution is 1.36. The molecule has 2 atom stereocenters. The molecule has 56 valence electrons. The first-order chi connectivity index (χ1) is 4.20. The molecular formula is C7H20Si2. The maximum Gasteiger partial charge on any atom is 0.0305 e. The fourth-order valence-corrected chi connectivity index (χ4v) is 9.18. The highest BCUT2D eigenvalue weighted by molar-refractivity contribution is 6.76. The molecule has 0 aromatic carbocycles. The molecule has 0 amide bonds. The van der Waals surface area contributed by atoms with E-state index in [1.54, 1.807) is 5.67 Å². The van der Waals surface area contributed by atoms with Gasteiger partial charge in [0.1, 0.15) is 0 Å². The molecule has 0 rings (SSSR count). The van der Waals surface area contributed by atoms with Crippen LogP contribution < -0.4 is 0 Å². The number of rotatable bonds is 4. The third kappa shape index (κ3) is 4.91. The van der Waals surface area contributed by atoms with E-state index in [0.717, 1.165) is 0 Å². The summed E-state index contributed by atoms with van der Waals surface area (Å²) in [5, 5.41) is 0. The van der Waals surface area contributed by atoms with Crippen LogP contribution >= 0.6 is 0 Å². The normalized spacial score (nSPS) is 17.3. The second-order valence-corrected chi connectivity index (χ2v) is 11.2. The molecule has 0 spiro atoms. The van der Waals surface area contributed by atoms with Crippen LogP contribution in [0.5, 0.6) is 0 Å². The van der Waals surface area contributed by atoms with Crippen molar-refractivity contribution < 1.29 is 0 Å². The summed E-state index contributed by atoms with van der Waals surface area (Å²) in [6, 6.07) is 3.02. The van der Waals surface area contributed by atoms with Crippen LogP contribution in [0.25, 0.3) is 0 Å². The largest absolute Gasteiger partial charge is 0.0722 e. The zero-order valence-electron chi connectivity index (χ0n) is 7.28. The maximum absolute atomic E-state index is 2.51. The average Bonchev–Trinajstić information content (AvgIpc) is 1.87. The Morgan fingerprint density at radius 1 is 0.889 bits per heavy atom. The molecule has 0 saturated heterocycles. The van der Waals surface area contributed by atoms with Crippen molar-refractivity contribution in [3.63, 3.8) is 0 Å². The predicted octanol–water partition coefficient (Wildman–Crippen LogP) is 2.28. The van der Waals surface area contributed by atoms with E-state index >= 15 is 0 Å². The van der Waals surface area contributed by atoms with Gasteiger partial charge in [-0.15, -0.1) is 0 Å². The number of hydrogen-bond acceptors (Lipinski definition) is 0. The van der Waals surface area contributed by atoms with Gasteiger partial charge in [0.15, 0.2) is 0 Å². The van der Waals surface area contributed by atoms with Crippen molar-refractivity contribution >= 4 is 17.6 Å². The van der Waals surface area contributed by atoms with Crippen LogP contribution in [0.4, 0.5) is 0 Å². The first kappa shape index (κ1) is 9.43. The Labute approximate surface area is 62.9 Å². The lowest BCUT2D eigenvalue weighted by Crippen LogP contribution is -2.16. The minimum atomic E-state index is -0.195. The van der Waals surface area contributed by atoms with Gasteiger partial charge in [-0.3, -0.25) is 0 Å². The van der Waals surface area contributed by atoms with Gasteiger partial charge in [-0.05, 0) is 0 Å². The van der Waals surface area contributed by atoms with E-state index in [4.69, 9.17) is 0 Å². The summed E-state index contributed by atoms with van der Waals surface area (Å²) in [4.78, 5) is 0. The maximum atomic E-state index is 2.51. The van der Waals surface area contributed by atoms with Gasteiger partial charge >= 0.3 is 0 Å². The highest BCUT2D eigenvalue weighted by atomic mass is 28.3. The Bertz CT molecular complexity index is 55.9. The van der Waals surface area contributed by atoms with Crippen LogP contribution in [0.15, 0.2) is 0 Å². The van der Waals surface area contributed by atoms with E-state index in [1.807, 2.05) is 0 Å². The molecule has 0 heterocycles. The van der Waals surface area contributed by atoms with E-state index in [-0.39, 0.29) is 17.6 Å². The molecule has 9 heavy (non-hydrogen) atoms. The topological polar surface area (TPSA) is 0 Å². The Kier molecular flexibility index (Phi) is 5.49. The van der Waals surface area contributed by atoms with E-state index in [9.17, 15) is 0 Å². The van der Waals surface area contributed by atoms with Crippen molar-refractivity contribution in [1.29, 1.82) is 0 Å². The van der Waals surface area contributed by atoms with E-state index in [0.29, 0.717) is 0 Å². The molecular weight excluding hydrogens is 140 g/mol. The Hall–Kier alpha value is 0.434. The first-order valence-corrected chi connectivity index (χ1v) is 9.78. The quantitative estimate of drug-likeness (QED) is 0.554. The summed E-state index contributed by atoms with van der Waals surface area (Å²) >= 11 is 0. The van der Waals surface area contributed by atoms with Gasteiger partial charge in [0, 0.05) is 17.6 Å². The van der Waals surface area contributed by atoms with Crippen LogP contribution in [0.3, 0.4) is 0 Å². The smallest absolute Gasteiger partial charge is 0.0305 e.